The van der Waals surface area contributed by atoms with E-state index in [0.717, 1.165) is 0 Å². The van der Waals surface area contributed by atoms with E-state index in [2.05, 4.69) is 5.32 Å². The van der Waals surface area contributed by atoms with Gasteiger partial charge in [-0.3, -0.25) is 4.79 Å². The van der Waals surface area contributed by atoms with Gasteiger partial charge in [0, 0.05) is 5.69 Å². The Morgan fingerprint density at radius 1 is 0.821 bits per heavy atom. The normalized spacial score (nSPS) is 10.0. The lowest BCUT2D eigenvalue weighted by atomic mass is 10.2. The average Bonchev–Trinajstić information content (AvgIpc) is 2.74. The topological polar surface area (TPSA) is 73.9 Å². The molecule has 0 radical (unpaired) electrons. The molecule has 0 heterocycles. The first-order valence-corrected chi connectivity index (χ1v) is 8.58. The van der Waals surface area contributed by atoms with Crippen molar-refractivity contribution in [3.63, 3.8) is 0 Å². The Labute approximate surface area is 162 Å². The van der Waals surface area contributed by atoms with E-state index in [-0.39, 0.29) is 12.5 Å². The molecule has 0 aliphatic rings. The first-order valence-electron chi connectivity index (χ1n) is 8.58. The number of hydrogen-bond donors (Lipinski definition) is 1. The summed E-state index contributed by atoms with van der Waals surface area (Å²) in [6.07, 6.45) is 0. The SMILES string of the molecule is COc1ccccc1C(=O)Nc1ccc(OC(=O)COc2ccccc2)cc1. The second-order valence-electron chi connectivity index (χ2n) is 5.75. The molecule has 0 saturated carbocycles. The summed E-state index contributed by atoms with van der Waals surface area (Å²) in [6.45, 7) is -0.198. The minimum atomic E-state index is -0.519. The molecule has 3 rings (SSSR count). The monoisotopic (exact) mass is 377 g/mol. The number of hydrogen-bond acceptors (Lipinski definition) is 5. The van der Waals surface area contributed by atoms with Crippen LogP contribution in [0.15, 0.2) is 78.9 Å². The minimum absolute atomic E-state index is 0.198. The molecular weight excluding hydrogens is 358 g/mol. The van der Waals surface area contributed by atoms with Crippen molar-refractivity contribution in [2.75, 3.05) is 19.0 Å². The van der Waals surface area contributed by atoms with Crippen LogP contribution in [0.4, 0.5) is 5.69 Å². The van der Waals surface area contributed by atoms with Crippen LogP contribution in [0.25, 0.3) is 0 Å². The summed E-state index contributed by atoms with van der Waals surface area (Å²) in [5.41, 5.74) is 0.995. The summed E-state index contributed by atoms with van der Waals surface area (Å²) < 4.78 is 15.8. The molecule has 3 aromatic carbocycles. The zero-order valence-corrected chi connectivity index (χ0v) is 15.3. The van der Waals surface area contributed by atoms with Gasteiger partial charge in [0.25, 0.3) is 5.91 Å². The number of carbonyl (C=O) groups is 2. The van der Waals surface area contributed by atoms with E-state index in [1.54, 1.807) is 60.7 Å². The molecule has 0 aromatic heterocycles. The fourth-order valence-corrected chi connectivity index (χ4v) is 2.46. The van der Waals surface area contributed by atoms with Gasteiger partial charge in [-0.05, 0) is 48.5 Å². The van der Waals surface area contributed by atoms with Crippen molar-refractivity contribution in [3.8, 4) is 17.2 Å². The highest BCUT2D eigenvalue weighted by atomic mass is 16.6. The van der Waals surface area contributed by atoms with Crippen LogP contribution >= 0.6 is 0 Å². The molecule has 142 valence electrons. The number of methoxy groups -OCH3 is 1. The van der Waals surface area contributed by atoms with Crippen molar-refractivity contribution in [2.45, 2.75) is 0 Å². The molecule has 0 spiro atoms. The first-order chi connectivity index (χ1) is 13.7. The van der Waals surface area contributed by atoms with Gasteiger partial charge in [0.15, 0.2) is 6.61 Å². The number of anilines is 1. The van der Waals surface area contributed by atoms with E-state index < -0.39 is 5.97 Å². The maximum Gasteiger partial charge on any atom is 0.349 e. The van der Waals surface area contributed by atoms with Crippen LogP contribution < -0.4 is 19.5 Å². The molecule has 0 fully saturated rings. The van der Waals surface area contributed by atoms with E-state index in [1.807, 2.05) is 18.2 Å². The molecule has 0 aliphatic carbocycles. The van der Waals surface area contributed by atoms with E-state index in [4.69, 9.17) is 14.2 Å². The fraction of sp³-hybridized carbons (Fsp3) is 0.0909. The maximum absolute atomic E-state index is 12.4. The number of amides is 1. The van der Waals surface area contributed by atoms with E-state index in [9.17, 15) is 9.59 Å². The van der Waals surface area contributed by atoms with Crippen LogP contribution in [0.5, 0.6) is 17.2 Å². The van der Waals surface area contributed by atoms with Gasteiger partial charge in [-0.2, -0.15) is 0 Å². The van der Waals surface area contributed by atoms with Crippen molar-refractivity contribution >= 4 is 17.6 Å². The zero-order chi connectivity index (χ0) is 19.8. The first kappa shape index (κ1) is 19.0. The van der Waals surface area contributed by atoms with Crippen molar-refractivity contribution in [3.05, 3.63) is 84.4 Å². The van der Waals surface area contributed by atoms with Gasteiger partial charge in [0.05, 0.1) is 12.7 Å². The Hall–Kier alpha value is -3.80. The smallest absolute Gasteiger partial charge is 0.349 e. The van der Waals surface area contributed by atoms with Crippen LogP contribution in [0.2, 0.25) is 0 Å². The van der Waals surface area contributed by atoms with Crippen LogP contribution in [0.1, 0.15) is 10.4 Å². The number of benzene rings is 3. The number of nitrogens with one attached hydrogen (secondary N) is 1. The third-order valence-electron chi connectivity index (χ3n) is 3.80. The lowest BCUT2D eigenvalue weighted by Gasteiger charge is -2.10. The third-order valence-corrected chi connectivity index (χ3v) is 3.80. The van der Waals surface area contributed by atoms with Gasteiger partial charge in [0.1, 0.15) is 17.2 Å². The molecule has 1 N–H and O–H groups in total. The van der Waals surface area contributed by atoms with Gasteiger partial charge in [-0.1, -0.05) is 30.3 Å². The average molecular weight is 377 g/mol. The predicted octanol–water partition coefficient (Wildman–Crippen LogP) is 3.93. The molecule has 0 atom stereocenters. The summed E-state index contributed by atoms with van der Waals surface area (Å²) >= 11 is 0. The Kier molecular flexibility index (Phi) is 6.25. The molecule has 28 heavy (non-hydrogen) atoms. The van der Waals surface area contributed by atoms with Gasteiger partial charge in [-0.15, -0.1) is 0 Å². The number of esters is 1. The lowest BCUT2D eigenvalue weighted by Crippen LogP contribution is -2.17. The third kappa shape index (κ3) is 5.11. The Morgan fingerprint density at radius 3 is 2.21 bits per heavy atom. The largest absolute Gasteiger partial charge is 0.496 e. The Morgan fingerprint density at radius 2 is 1.50 bits per heavy atom. The van der Waals surface area contributed by atoms with Crippen molar-refractivity contribution in [1.82, 2.24) is 0 Å². The summed E-state index contributed by atoms with van der Waals surface area (Å²) in [5, 5.41) is 2.78. The number of ether oxygens (including phenoxy) is 3. The van der Waals surface area contributed by atoms with Crippen LogP contribution in [0, 0.1) is 0 Å². The summed E-state index contributed by atoms with van der Waals surface area (Å²) in [5.74, 6) is 0.628. The molecule has 0 unspecified atom stereocenters. The van der Waals surface area contributed by atoms with E-state index in [0.29, 0.717) is 28.5 Å². The molecule has 3 aromatic rings. The van der Waals surface area contributed by atoms with E-state index >= 15 is 0 Å². The van der Waals surface area contributed by atoms with Crippen LogP contribution in [0.3, 0.4) is 0 Å². The summed E-state index contributed by atoms with van der Waals surface area (Å²) in [7, 11) is 1.51. The van der Waals surface area contributed by atoms with Crippen molar-refractivity contribution in [1.29, 1.82) is 0 Å². The highest BCUT2D eigenvalue weighted by Gasteiger charge is 2.12. The summed E-state index contributed by atoms with van der Waals surface area (Å²) in [4.78, 5) is 24.3. The molecular formula is C22H19NO5. The van der Waals surface area contributed by atoms with Gasteiger partial charge >= 0.3 is 5.97 Å². The number of rotatable bonds is 7. The lowest BCUT2D eigenvalue weighted by molar-refractivity contribution is -0.136. The standard InChI is InChI=1S/C22H19NO5/c1-26-20-10-6-5-9-19(20)22(25)23-16-11-13-18(14-12-16)28-21(24)15-27-17-7-3-2-4-8-17/h2-14H,15H2,1H3,(H,23,25). The van der Waals surface area contributed by atoms with Crippen LogP contribution in [-0.4, -0.2) is 25.6 Å². The maximum atomic E-state index is 12.4. The summed E-state index contributed by atoms with van der Waals surface area (Å²) in [6, 6.07) is 22.4. The van der Waals surface area contributed by atoms with Crippen LogP contribution in [-0.2, 0) is 4.79 Å². The molecule has 0 aliphatic heterocycles. The molecule has 1 amide bonds. The Balaban J connectivity index is 1.54. The van der Waals surface area contributed by atoms with Crippen molar-refractivity contribution in [2.24, 2.45) is 0 Å². The van der Waals surface area contributed by atoms with Gasteiger partial charge < -0.3 is 19.5 Å². The second-order valence-corrected chi connectivity index (χ2v) is 5.75. The fourth-order valence-electron chi connectivity index (χ4n) is 2.46. The molecule has 0 bridgehead atoms. The molecule has 0 saturated heterocycles. The van der Waals surface area contributed by atoms with Gasteiger partial charge in [0.2, 0.25) is 0 Å². The molecule has 6 nitrogen and oxygen atoms in total. The zero-order valence-electron chi connectivity index (χ0n) is 15.3. The predicted molar refractivity (Wildman–Crippen MR) is 105 cm³/mol. The number of carbonyl (C=O) groups excluding carboxylic acids is 2. The molecule has 6 heteroatoms. The highest BCUT2D eigenvalue weighted by molar-refractivity contribution is 6.06. The minimum Gasteiger partial charge on any atom is -0.496 e. The van der Waals surface area contributed by atoms with Crippen molar-refractivity contribution < 1.29 is 23.8 Å². The highest BCUT2D eigenvalue weighted by Crippen LogP contribution is 2.21. The van der Waals surface area contributed by atoms with E-state index in [1.165, 1.54) is 7.11 Å². The van der Waals surface area contributed by atoms with Gasteiger partial charge in [-0.25, -0.2) is 4.79 Å². The Bertz CT molecular complexity index is 939. The number of para-hydroxylation sites is 2. The quantitative estimate of drug-likeness (QED) is 0.499. The second kappa shape index (κ2) is 9.23.